The smallest absolute Gasteiger partial charge is 0.220 e. The number of carbonyl (C=O) groups excluding carboxylic acids is 1. The summed E-state index contributed by atoms with van der Waals surface area (Å²) in [5.41, 5.74) is 1.78. The lowest BCUT2D eigenvalue weighted by Crippen LogP contribution is -2.46. The third kappa shape index (κ3) is 6.05. The molecule has 0 aliphatic carbocycles. The minimum absolute atomic E-state index is 0.120. The van der Waals surface area contributed by atoms with E-state index in [1.165, 1.54) is 12.1 Å². The molecule has 162 valence electrons. The molecule has 1 amide bonds. The normalized spacial score (nSPS) is 15.3. The molecule has 2 N–H and O–H groups in total. The Kier molecular flexibility index (Phi) is 7.82. The second-order valence-electron chi connectivity index (χ2n) is 7.52. The number of rotatable bonds is 7. The molecule has 8 heteroatoms. The Balaban J connectivity index is 1.53. The molecule has 0 unspecified atom stereocenters. The molecule has 0 radical (unpaired) electrons. The maximum Gasteiger partial charge on any atom is 0.220 e. The van der Waals surface area contributed by atoms with Crippen LogP contribution in [0.3, 0.4) is 0 Å². The third-order valence-corrected chi connectivity index (χ3v) is 5.37. The molecule has 1 aromatic heterocycles. The summed E-state index contributed by atoms with van der Waals surface area (Å²) in [7, 11) is 1.69. The van der Waals surface area contributed by atoms with Crippen LogP contribution in [0.5, 0.6) is 0 Å². The fraction of sp³-hybridized carbons (Fsp3) is 0.500. The highest BCUT2D eigenvalue weighted by molar-refractivity contribution is 5.80. The van der Waals surface area contributed by atoms with E-state index < -0.39 is 0 Å². The van der Waals surface area contributed by atoms with Gasteiger partial charge in [-0.05, 0) is 56.0 Å². The van der Waals surface area contributed by atoms with Crippen LogP contribution in [0.15, 0.2) is 41.5 Å². The summed E-state index contributed by atoms with van der Waals surface area (Å²) < 4.78 is 14.8. The Morgan fingerprint density at radius 3 is 2.63 bits per heavy atom. The maximum atomic E-state index is 13.1. The highest BCUT2D eigenvalue weighted by Gasteiger charge is 2.23. The van der Waals surface area contributed by atoms with E-state index in [1.54, 1.807) is 23.9 Å². The average molecular weight is 415 g/mol. The first kappa shape index (κ1) is 21.8. The standard InChI is InChI=1S/C22H31FN6O/c1-3-25-22(28-13-9-17(10-14-28)16-21(30)24-2)26-12-8-19-11-15-29(27-19)20-6-4-18(23)5-7-20/h4-7,11,15,17H,3,8-10,12-14,16H2,1-2H3,(H,24,30)(H,25,26). The molecule has 0 spiro atoms. The number of aliphatic imine (C=N–C) groups is 1. The van der Waals surface area contributed by atoms with Crippen LogP contribution in [-0.2, 0) is 11.2 Å². The lowest BCUT2D eigenvalue weighted by molar-refractivity contribution is -0.121. The Labute approximate surface area is 177 Å². The molecule has 2 heterocycles. The fourth-order valence-electron chi connectivity index (χ4n) is 3.65. The number of guanidine groups is 1. The minimum Gasteiger partial charge on any atom is -0.359 e. The largest absolute Gasteiger partial charge is 0.359 e. The number of aromatic nitrogens is 2. The van der Waals surface area contributed by atoms with Crippen LogP contribution in [0.25, 0.3) is 5.69 Å². The maximum absolute atomic E-state index is 13.1. The van der Waals surface area contributed by atoms with E-state index >= 15 is 0 Å². The van der Waals surface area contributed by atoms with Gasteiger partial charge in [0.1, 0.15) is 5.82 Å². The van der Waals surface area contributed by atoms with Crippen molar-refractivity contribution < 1.29 is 9.18 Å². The fourth-order valence-corrected chi connectivity index (χ4v) is 3.65. The van der Waals surface area contributed by atoms with E-state index in [1.807, 2.05) is 12.3 Å². The van der Waals surface area contributed by atoms with Gasteiger partial charge in [-0.25, -0.2) is 9.07 Å². The molecule has 0 bridgehead atoms. The number of benzene rings is 1. The van der Waals surface area contributed by atoms with Crippen molar-refractivity contribution in [3.63, 3.8) is 0 Å². The van der Waals surface area contributed by atoms with E-state index in [4.69, 9.17) is 4.99 Å². The third-order valence-electron chi connectivity index (χ3n) is 5.37. The molecule has 7 nitrogen and oxygen atoms in total. The van der Waals surface area contributed by atoms with Gasteiger partial charge in [0.2, 0.25) is 5.91 Å². The van der Waals surface area contributed by atoms with Crippen molar-refractivity contribution in [2.24, 2.45) is 10.9 Å². The molecule has 1 aliphatic rings. The second-order valence-corrected chi connectivity index (χ2v) is 7.52. The van der Waals surface area contributed by atoms with Gasteiger partial charge < -0.3 is 15.5 Å². The first-order valence-corrected chi connectivity index (χ1v) is 10.6. The SMILES string of the molecule is CCNC(=NCCc1ccn(-c2ccc(F)cc2)n1)N1CCC(CC(=O)NC)CC1. The predicted octanol–water partition coefficient (Wildman–Crippen LogP) is 2.37. The average Bonchev–Trinajstić information content (AvgIpc) is 3.23. The molecule has 1 aliphatic heterocycles. The van der Waals surface area contributed by atoms with Gasteiger partial charge in [-0.2, -0.15) is 5.10 Å². The first-order chi connectivity index (χ1) is 14.6. The molecular formula is C22H31FN6O. The number of piperidine rings is 1. The van der Waals surface area contributed by atoms with Crippen molar-refractivity contribution >= 4 is 11.9 Å². The van der Waals surface area contributed by atoms with E-state index in [0.29, 0.717) is 18.9 Å². The molecule has 2 aromatic rings. The van der Waals surface area contributed by atoms with Crippen LogP contribution < -0.4 is 10.6 Å². The van der Waals surface area contributed by atoms with E-state index in [0.717, 1.165) is 56.2 Å². The van der Waals surface area contributed by atoms with Gasteiger partial charge in [0, 0.05) is 52.3 Å². The van der Waals surface area contributed by atoms with Gasteiger partial charge in [-0.3, -0.25) is 9.79 Å². The van der Waals surface area contributed by atoms with Crippen molar-refractivity contribution in [3.05, 3.63) is 48.0 Å². The highest BCUT2D eigenvalue weighted by atomic mass is 19.1. The minimum atomic E-state index is -0.255. The van der Waals surface area contributed by atoms with Gasteiger partial charge in [-0.1, -0.05) is 0 Å². The Bertz CT molecular complexity index is 840. The molecule has 3 rings (SSSR count). The van der Waals surface area contributed by atoms with Gasteiger partial charge in [0.15, 0.2) is 5.96 Å². The van der Waals surface area contributed by atoms with E-state index in [2.05, 4.69) is 27.6 Å². The molecule has 1 saturated heterocycles. The Morgan fingerprint density at radius 2 is 1.97 bits per heavy atom. The zero-order valence-corrected chi connectivity index (χ0v) is 17.8. The van der Waals surface area contributed by atoms with Crippen LogP contribution in [0.4, 0.5) is 4.39 Å². The van der Waals surface area contributed by atoms with Crippen molar-refractivity contribution in [2.75, 3.05) is 33.2 Å². The monoisotopic (exact) mass is 414 g/mol. The zero-order chi connectivity index (χ0) is 21.3. The molecule has 1 fully saturated rings. The summed E-state index contributed by atoms with van der Waals surface area (Å²) in [6.07, 6.45) is 5.22. The lowest BCUT2D eigenvalue weighted by Gasteiger charge is -2.34. The predicted molar refractivity (Wildman–Crippen MR) is 116 cm³/mol. The highest BCUT2D eigenvalue weighted by Crippen LogP contribution is 2.20. The van der Waals surface area contributed by atoms with Gasteiger partial charge in [-0.15, -0.1) is 0 Å². The topological polar surface area (TPSA) is 74.5 Å². The van der Waals surface area contributed by atoms with E-state index in [-0.39, 0.29) is 11.7 Å². The summed E-state index contributed by atoms with van der Waals surface area (Å²) in [6.45, 7) is 5.34. The first-order valence-electron chi connectivity index (χ1n) is 10.6. The number of halogens is 1. The second kappa shape index (κ2) is 10.8. The zero-order valence-electron chi connectivity index (χ0n) is 17.8. The number of likely N-dealkylation sites (tertiary alicyclic amines) is 1. The van der Waals surface area contributed by atoms with Gasteiger partial charge in [0.05, 0.1) is 11.4 Å². The molecular weight excluding hydrogens is 383 g/mol. The van der Waals surface area contributed by atoms with Crippen LogP contribution in [0.1, 0.15) is 31.9 Å². The number of amides is 1. The van der Waals surface area contributed by atoms with Crippen molar-refractivity contribution in [2.45, 2.75) is 32.6 Å². The number of hydrogen-bond acceptors (Lipinski definition) is 3. The van der Waals surface area contributed by atoms with Crippen molar-refractivity contribution in [3.8, 4) is 5.69 Å². The van der Waals surface area contributed by atoms with Crippen LogP contribution >= 0.6 is 0 Å². The quantitative estimate of drug-likeness (QED) is 0.539. The van der Waals surface area contributed by atoms with Crippen molar-refractivity contribution in [1.82, 2.24) is 25.3 Å². The summed E-state index contributed by atoms with van der Waals surface area (Å²) in [5, 5.41) is 10.7. The number of hydrogen-bond donors (Lipinski definition) is 2. The number of carbonyl (C=O) groups is 1. The molecule has 0 atom stereocenters. The van der Waals surface area contributed by atoms with Gasteiger partial charge >= 0.3 is 0 Å². The number of nitrogens with one attached hydrogen (secondary N) is 2. The number of nitrogens with zero attached hydrogens (tertiary/aromatic N) is 4. The van der Waals surface area contributed by atoms with Gasteiger partial charge in [0.25, 0.3) is 0 Å². The van der Waals surface area contributed by atoms with Crippen LogP contribution in [0.2, 0.25) is 0 Å². The molecule has 1 aromatic carbocycles. The van der Waals surface area contributed by atoms with Crippen molar-refractivity contribution in [1.29, 1.82) is 0 Å². The Hall–Kier alpha value is -2.90. The summed E-state index contributed by atoms with van der Waals surface area (Å²) in [5.74, 6) is 1.23. The summed E-state index contributed by atoms with van der Waals surface area (Å²) >= 11 is 0. The lowest BCUT2D eigenvalue weighted by atomic mass is 9.93. The summed E-state index contributed by atoms with van der Waals surface area (Å²) in [4.78, 5) is 18.7. The van der Waals surface area contributed by atoms with E-state index in [9.17, 15) is 9.18 Å². The molecule has 0 saturated carbocycles. The Morgan fingerprint density at radius 1 is 1.23 bits per heavy atom. The van der Waals surface area contributed by atoms with Crippen LogP contribution in [-0.4, -0.2) is 59.8 Å². The molecule has 30 heavy (non-hydrogen) atoms. The van der Waals surface area contributed by atoms with Crippen LogP contribution in [0, 0.1) is 11.7 Å². The summed E-state index contributed by atoms with van der Waals surface area (Å²) in [6, 6.07) is 8.25.